The molecule has 7 heteroatoms. The molecule has 0 atom stereocenters. The van der Waals surface area contributed by atoms with Crippen molar-refractivity contribution in [2.24, 2.45) is 0 Å². The van der Waals surface area contributed by atoms with Gasteiger partial charge in [0.1, 0.15) is 5.82 Å². The number of carbonyl (C=O) groups is 1. The lowest BCUT2D eigenvalue weighted by Crippen LogP contribution is -2.56. The van der Waals surface area contributed by atoms with Gasteiger partial charge in [0, 0.05) is 22.9 Å². The minimum Gasteiger partial charge on any atom is -0.351 e. The molecule has 0 spiro atoms. The summed E-state index contributed by atoms with van der Waals surface area (Å²) in [5.74, 6) is -0.562. The summed E-state index contributed by atoms with van der Waals surface area (Å²) in [5.41, 5.74) is 1.24. The van der Waals surface area contributed by atoms with Gasteiger partial charge in [0.2, 0.25) is 0 Å². The average molecular weight is 412 g/mol. The van der Waals surface area contributed by atoms with Crippen LogP contribution in [-0.2, 0) is 0 Å². The first kappa shape index (κ1) is 15.2. The van der Waals surface area contributed by atoms with E-state index in [-0.39, 0.29) is 17.8 Å². The van der Waals surface area contributed by atoms with Crippen LogP contribution in [0.4, 0.5) is 15.8 Å². The lowest BCUT2D eigenvalue weighted by Gasteiger charge is -2.28. The van der Waals surface area contributed by atoms with E-state index in [1.54, 1.807) is 24.4 Å². The van der Waals surface area contributed by atoms with Crippen molar-refractivity contribution in [3.63, 3.8) is 0 Å². The van der Waals surface area contributed by atoms with Gasteiger partial charge in [0.15, 0.2) is 0 Å². The summed E-state index contributed by atoms with van der Waals surface area (Å²) in [4.78, 5) is 16.3. The number of rotatable bonds is 4. The average Bonchev–Trinajstić information content (AvgIpc) is 2.46. The Morgan fingerprint density at radius 1 is 1.32 bits per heavy atom. The van der Waals surface area contributed by atoms with Crippen LogP contribution in [0.15, 0.2) is 36.7 Å². The number of nitrogens with one attached hydrogen (secondary N) is 3. The van der Waals surface area contributed by atoms with Gasteiger partial charge in [-0.25, -0.2) is 4.39 Å². The largest absolute Gasteiger partial charge is 0.351 e. The van der Waals surface area contributed by atoms with Crippen LogP contribution in [0.5, 0.6) is 0 Å². The summed E-state index contributed by atoms with van der Waals surface area (Å²) in [7, 11) is 0. The van der Waals surface area contributed by atoms with Gasteiger partial charge < -0.3 is 16.0 Å². The number of pyridine rings is 1. The third-order valence-electron chi connectivity index (χ3n) is 3.38. The fraction of sp³-hybridized carbons (Fsp3) is 0.200. The summed E-state index contributed by atoms with van der Waals surface area (Å²) >= 11 is 2.04. The molecule has 114 valence electrons. The van der Waals surface area contributed by atoms with E-state index in [0.29, 0.717) is 16.9 Å². The Morgan fingerprint density at radius 2 is 2.14 bits per heavy atom. The van der Waals surface area contributed by atoms with Crippen LogP contribution in [0.2, 0.25) is 0 Å². The van der Waals surface area contributed by atoms with Gasteiger partial charge in [-0.15, -0.1) is 0 Å². The molecule has 0 bridgehead atoms. The molecule has 0 radical (unpaired) electrons. The summed E-state index contributed by atoms with van der Waals surface area (Å²) in [5, 5.41) is 8.95. The van der Waals surface area contributed by atoms with E-state index in [1.165, 1.54) is 12.3 Å². The van der Waals surface area contributed by atoms with Gasteiger partial charge in [0.05, 0.1) is 29.2 Å². The molecule has 2 heterocycles. The summed E-state index contributed by atoms with van der Waals surface area (Å²) in [6, 6.07) is 6.63. The van der Waals surface area contributed by atoms with Crippen LogP contribution in [-0.4, -0.2) is 30.0 Å². The Balaban J connectivity index is 1.82. The van der Waals surface area contributed by atoms with E-state index in [0.717, 1.165) is 16.7 Å². The van der Waals surface area contributed by atoms with Gasteiger partial charge in [-0.2, -0.15) is 0 Å². The molecule has 1 aliphatic rings. The summed E-state index contributed by atoms with van der Waals surface area (Å²) in [6.07, 6.45) is 3.06. The smallest absolute Gasteiger partial charge is 0.253 e. The highest BCUT2D eigenvalue weighted by Crippen LogP contribution is 2.23. The molecule has 5 nitrogen and oxygen atoms in total. The third-order valence-corrected chi connectivity index (χ3v) is 4.05. The van der Waals surface area contributed by atoms with E-state index < -0.39 is 0 Å². The van der Waals surface area contributed by atoms with E-state index in [2.05, 4.69) is 20.9 Å². The number of benzene rings is 1. The topological polar surface area (TPSA) is 66.0 Å². The van der Waals surface area contributed by atoms with Gasteiger partial charge in [-0.3, -0.25) is 9.78 Å². The monoisotopic (exact) mass is 412 g/mol. The first-order valence-electron chi connectivity index (χ1n) is 6.81. The second-order valence-electron chi connectivity index (χ2n) is 5.00. The second-order valence-corrected chi connectivity index (χ2v) is 6.24. The maximum absolute atomic E-state index is 13.9. The molecule has 0 saturated carbocycles. The zero-order chi connectivity index (χ0) is 15.5. The molecular formula is C15H14FIN4O. The number of anilines is 2. The van der Waals surface area contributed by atoms with E-state index >= 15 is 0 Å². The number of hydrogen-bond donors (Lipinski definition) is 3. The van der Waals surface area contributed by atoms with Crippen LogP contribution in [0.3, 0.4) is 0 Å². The van der Waals surface area contributed by atoms with Crippen molar-refractivity contribution < 1.29 is 9.18 Å². The summed E-state index contributed by atoms with van der Waals surface area (Å²) in [6.45, 7) is 1.54. The molecule has 0 unspecified atom stereocenters. The predicted octanol–water partition coefficient (Wildman–Crippen LogP) is 2.27. The minimum atomic E-state index is -0.370. The van der Waals surface area contributed by atoms with Gasteiger partial charge in [0.25, 0.3) is 5.91 Å². The highest BCUT2D eigenvalue weighted by molar-refractivity contribution is 14.1. The maximum Gasteiger partial charge on any atom is 0.253 e. The van der Waals surface area contributed by atoms with E-state index in [4.69, 9.17) is 0 Å². The number of nitrogens with zero attached hydrogens (tertiary/aromatic N) is 1. The molecular weight excluding hydrogens is 398 g/mol. The lowest BCUT2D eigenvalue weighted by atomic mass is 10.1. The fourth-order valence-electron chi connectivity index (χ4n) is 2.08. The number of hydrogen-bond acceptors (Lipinski definition) is 4. The van der Waals surface area contributed by atoms with Gasteiger partial charge in [-0.1, -0.05) is 0 Å². The van der Waals surface area contributed by atoms with Gasteiger partial charge >= 0.3 is 0 Å². The Morgan fingerprint density at radius 3 is 2.82 bits per heavy atom. The van der Waals surface area contributed by atoms with Gasteiger partial charge in [-0.05, 0) is 46.9 Å². The molecule has 1 aromatic heterocycles. The molecule has 1 aliphatic heterocycles. The zero-order valence-corrected chi connectivity index (χ0v) is 13.7. The van der Waals surface area contributed by atoms with Crippen molar-refractivity contribution >= 4 is 39.9 Å². The number of halogens is 2. The Labute approximate surface area is 140 Å². The number of aromatic nitrogens is 1. The molecule has 0 aliphatic carbocycles. The maximum atomic E-state index is 13.9. The molecule has 2 aromatic rings. The first-order chi connectivity index (χ1) is 10.6. The molecule has 3 rings (SSSR count). The van der Waals surface area contributed by atoms with Crippen LogP contribution in [0.25, 0.3) is 0 Å². The van der Waals surface area contributed by atoms with Crippen LogP contribution in [0.1, 0.15) is 10.4 Å². The standard InChI is InChI=1S/C15H14FIN4O/c16-12-5-9(17)1-2-13(12)21-14-8-18-4-3-11(14)15(22)20-10-6-19-7-10/h1-5,8,10,19,21H,6-7H2,(H,20,22). The highest BCUT2D eigenvalue weighted by Gasteiger charge is 2.21. The van der Waals surface area contributed by atoms with Crippen molar-refractivity contribution in [1.82, 2.24) is 15.6 Å². The van der Waals surface area contributed by atoms with Crippen molar-refractivity contribution in [2.75, 3.05) is 18.4 Å². The minimum absolute atomic E-state index is 0.142. The van der Waals surface area contributed by atoms with Crippen LogP contribution in [0, 0.1) is 9.39 Å². The first-order valence-corrected chi connectivity index (χ1v) is 7.89. The van der Waals surface area contributed by atoms with Crippen LogP contribution >= 0.6 is 22.6 Å². The number of amides is 1. The fourth-order valence-corrected chi connectivity index (χ4v) is 2.54. The van der Waals surface area contributed by atoms with Crippen molar-refractivity contribution in [2.45, 2.75) is 6.04 Å². The molecule has 1 fully saturated rings. The quantitative estimate of drug-likeness (QED) is 0.675. The van der Waals surface area contributed by atoms with Crippen LogP contribution < -0.4 is 16.0 Å². The Bertz CT molecular complexity index is 706. The molecule has 1 saturated heterocycles. The predicted molar refractivity (Wildman–Crippen MR) is 90.8 cm³/mol. The second kappa shape index (κ2) is 6.57. The number of carbonyl (C=O) groups excluding carboxylic acids is 1. The van der Waals surface area contributed by atoms with Crippen molar-refractivity contribution in [3.05, 3.63) is 51.6 Å². The molecule has 1 amide bonds. The van der Waals surface area contributed by atoms with E-state index in [1.807, 2.05) is 22.6 Å². The van der Waals surface area contributed by atoms with Crippen molar-refractivity contribution in [3.8, 4) is 0 Å². The Hall–Kier alpha value is -1.74. The molecule has 22 heavy (non-hydrogen) atoms. The lowest BCUT2D eigenvalue weighted by molar-refractivity contribution is 0.0924. The molecule has 3 N–H and O–H groups in total. The van der Waals surface area contributed by atoms with E-state index in [9.17, 15) is 9.18 Å². The summed E-state index contributed by atoms with van der Waals surface area (Å²) < 4.78 is 14.8. The zero-order valence-electron chi connectivity index (χ0n) is 11.6. The normalized spacial score (nSPS) is 14.3. The Kier molecular flexibility index (Phi) is 4.53. The SMILES string of the molecule is O=C(NC1CNC1)c1ccncc1Nc1ccc(I)cc1F. The van der Waals surface area contributed by atoms with Crippen molar-refractivity contribution in [1.29, 1.82) is 0 Å². The molecule has 1 aromatic carbocycles. The third kappa shape index (κ3) is 3.36. The highest BCUT2D eigenvalue weighted by atomic mass is 127.